The van der Waals surface area contributed by atoms with Gasteiger partial charge in [-0.2, -0.15) is 13.2 Å². The lowest BCUT2D eigenvalue weighted by molar-refractivity contribution is -0.196. The molecule has 0 fully saturated rings. The number of thiophene rings is 1. The van der Waals surface area contributed by atoms with Crippen LogP contribution in [-0.4, -0.2) is 34.4 Å². The first kappa shape index (κ1) is 19.9. The van der Waals surface area contributed by atoms with Crippen LogP contribution in [0.15, 0.2) is 75.7 Å². The van der Waals surface area contributed by atoms with Crippen LogP contribution in [0, 0.1) is 0 Å². The lowest BCUT2D eigenvalue weighted by atomic mass is 10.1. The van der Waals surface area contributed by atoms with E-state index in [1.165, 1.54) is 36.6 Å². The number of carbonyl (C=O) groups excluding carboxylic acids is 2. The Labute approximate surface area is 172 Å². The van der Waals surface area contributed by atoms with Crippen molar-refractivity contribution in [2.24, 2.45) is 4.99 Å². The summed E-state index contributed by atoms with van der Waals surface area (Å²) in [6.07, 6.45) is -3.82. The van der Waals surface area contributed by atoms with E-state index in [0.717, 1.165) is 16.2 Å². The number of rotatable bonds is 5. The Balaban J connectivity index is 1.81. The summed E-state index contributed by atoms with van der Waals surface area (Å²) in [4.78, 5) is 30.3. The highest BCUT2D eigenvalue weighted by molar-refractivity contribution is 7.12. The van der Waals surface area contributed by atoms with Gasteiger partial charge < -0.3 is 9.73 Å². The molecular weight excluding hydrogens is 419 g/mol. The van der Waals surface area contributed by atoms with Crippen molar-refractivity contribution in [3.05, 3.63) is 82.4 Å². The molecule has 3 heterocycles. The number of amidine groups is 1. The van der Waals surface area contributed by atoms with Crippen LogP contribution in [0.1, 0.15) is 21.0 Å². The number of furan rings is 1. The summed E-state index contributed by atoms with van der Waals surface area (Å²) in [7, 11) is 0. The fourth-order valence-electron chi connectivity index (χ4n) is 3.04. The minimum atomic E-state index is -5.17. The van der Waals surface area contributed by atoms with E-state index < -0.39 is 23.7 Å². The van der Waals surface area contributed by atoms with Crippen molar-refractivity contribution in [3.8, 4) is 0 Å². The predicted molar refractivity (Wildman–Crippen MR) is 103 cm³/mol. The van der Waals surface area contributed by atoms with Crippen molar-refractivity contribution >= 4 is 29.0 Å². The minimum absolute atomic E-state index is 0.0346. The van der Waals surface area contributed by atoms with Crippen molar-refractivity contribution in [1.82, 2.24) is 10.2 Å². The Hall–Kier alpha value is -3.40. The number of hydrogen-bond acceptors (Lipinski definition) is 5. The van der Waals surface area contributed by atoms with Crippen molar-refractivity contribution in [2.45, 2.75) is 18.4 Å². The molecular formula is C20H14F3N3O3S. The van der Waals surface area contributed by atoms with Crippen LogP contribution in [0.5, 0.6) is 0 Å². The number of hydrogen-bond donors (Lipinski definition) is 1. The summed E-state index contributed by atoms with van der Waals surface area (Å²) in [5, 5.41) is 3.38. The average molecular weight is 433 g/mol. The molecule has 3 aromatic rings. The van der Waals surface area contributed by atoms with E-state index >= 15 is 0 Å². The van der Waals surface area contributed by atoms with Crippen LogP contribution in [0.3, 0.4) is 0 Å². The standard InChI is InChI=1S/C20H14F3N3O3S/c21-20(22,23)19(25-17(27)15-9-5-11-30-15)18(28)26(12-14-8-4-10-29-14)16(24-19)13-6-2-1-3-7-13/h1-11H,12H2,(H,25,27)/t19-/m0/s1. The molecule has 154 valence electrons. The summed E-state index contributed by atoms with van der Waals surface area (Å²) >= 11 is 0.959. The molecule has 4 rings (SSSR count). The van der Waals surface area contributed by atoms with E-state index in [4.69, 9.17) is 4.42 Å². The molecule has 0 saturated carbocycles. The van der Waals surface area contributed by atoms with Gasteiger partial charge in [-0.15, -0.1) is 11.3 Å². The minimum Gasteiger partial charge on any atom is -0.467 e. The zero-order valence-electron chi connectivity index (χ0n) is 15.2. The SMILES string of the molecule is O=C(N[C@@]1(C(F)(F)F)N=C(c2ccccc2)N(Cc2ccco2)C1=O)c1cccs1. The Morgan fingerprint density at radius 3 is 2.50 bits per heavy atom. The molecule has 30 heavy (non-hydrogen) atoms. The predicted octanol–water partition coefficient (Wildman–Crippen LogP) is 3.82. The third kappa shape index (κ3) is 3.39. The first-order valence-corrected chi connectivity index (χ1v) is 9.62. The third-order valence-electron chi connectivity index (χ3n) is 4.46. The second kappa shape index (κ2) is 7.45. The van der Waals surface area contributed by atoms with Crippen LogP contribution in [0.25, 0.3) is 0 Å². The molecule has 0 spiro atoms. The maximum Gasteiger partial charge on any atom is 0.442 e. The monoisotopic (exact) mass is 433 g/mol. The Bertz CT molecular complexity index is 1080. The second-order valence-corrected chi connectivity index (χ2v) is 7.36. The molecule has 0 aliphatic carbocycles. The molecule has 1 aliphatic rings. The Morgan fingerprint density at radius 1 is 1.13 bits per heavy atom. The van der Waals surface area contributed by atoms with Gasteiger partial charge in [-0.05, 0) is 23.6 Å². The first-order valence-electron chi connectivity index (χ1n) is 8.74. The van der Waals surface area contributed by atoms with Crippen molar-refractivity contribution < 1.29 is 27.2 Å². The number of nitrogens with zero attached hydrogens (tertiary/aromatic N) is 2. The Kier molecular flexibility index (Phi) is 4.94. The normalized spacial score (nSPS) is 19.1. The molecule has 2 amide bonds. The van der Waals surface area contributed by atoms with E-state index in [1.54, 1.807) is 29.6 Å². The van der Waals surface area contributed by atoms with Gasteiger partial charge in [0.1, 0.15) is 11.6 Å². The zero-order valence-corrected chi connectivity index (χ0v) is 16.0. The van der Waals surface area contributed by atoms with Gasteiger partial charge in [-0.25, -0.2) is 4.99 Å². The van der Waals surface area contributed by atoms with Gasteiger partial charge in [0, 0.05) is 5.56 Å². The summed E-state index contributed by atoms with van der Waals surface area (Å²) in [5.74, 6) is -2.38. The molecule has 2 aromatic heterocycles. The number of carbonyl (C=O) groups is 2. The molecule has 0 radical (unpaired) electrons. The fourth-order valence-corrected chi connectivity index (χ4v) is 3.66. The zero-order chi connectivity index (χ0) is 21.4. The van der Waals surface area contributed by atoms with E-state index in [1.807, 2.05) is 5.32 Å². The van der Waals surface area contributed by atoms with Crippen LogP contribution < -0.4 is 5.32 Å². The molecule has 0 unspecified atom stereocenters. The fraction of sp³-hybridized carbons (Fsp3) is 0.150. The van der Waals surface area contributed by atoms with Crippen molar-refractivity contribution in [1.29, 1.82) is 0 Å². The maximum atomic E-state index is 14.2. The number of amides is 2. The van der Waals surface area contributed by atoms with Crippen molar-refractivity contribution in [2.75, 3.05) is 0 Å². The van der Waals surface area contributed by atoms with Crippen LogP contribution >= 0.6 is 11.3 Å². The molecule has 1 N–H and O–H groups in total. The van der Waals surface area contributed by atoms with Gasteiger partial charge in [0.2, 0.25) is 0 Å². The van der Waals surface area contributed by atoms with Crippen LogP contribution in [0.4, 0.5) is 13.2 Å². The largest absolute Gasteiger partial charge is 0.467 e. The van der Waals surface area contributed by atoms with Gasteiger partial charge in [-0.3, -0.25) is 14.5 Å². The van der Waals surface area contributed by atoms with E-state index in [2.05, 4.69) is 4.99 Å². The molecule has 1 aromatic carbocycles. The smallest absolute Gasteiger partial charge is 0.442 e. The van der Waals surface area contributed by atoms with Gasteiger partial charge in [0.15, 0.2) is 0 Å². The third-order valence-corrected chi connectivity index (χ3v) is 5.33. The highest BCUT2D eigenvalue weighted by atomic mass is 32.1. The number of nitrogens with one attached hydrogen (secondary N) is 1. The van der Waals surface area contributed by atoms with Gasteiger partial charge in [0.25, 0.3) is 11.8 Å². The lowest BCUT2D eigenvalue weighted by Gasteiger charge is -2.28. The van der Waals surface area contributed by atoms with Crippen LogP contribution in [-0.2, 0) is 11.3 Å². The highest BCUT2D eigenvalue weighted by Gasteiger charge is 2.67. The Morgan fingerprint density at radius 2 is 1.90 bits per heavy atom. The summed E-state index contributed by atoms with van der Waals surface area (Å²) in [5.41, 5.74) is -3.14. The van der Waals surface area contributed by atoms with Gasteiger partial charge in [0.05, 0.1) is 17.7 Å². The van der Waals surface area contributed by atoms with Crippen molar-refractivity contribution in [3.63, 3.8) is 0 Å². The molecule has 1 aliphatic heterocycles. The topological polar surface area (TPSA) is 74.9 Å². The van der Waals surface area contributed by atoms with E-state index in [0.29, 0.717) is 5.56 Å². The highest BCUT2D eigenvalue weighted by Crippen LogP contribution is 2.39. The number of alkyl halides is 3. The number of halogens is 3. The van der Waals surface area contributed by atoms with E-state index in [9.17, 15) is 22.8 Å². The van der Waals surface area contributed by atoms with Gasteiger partial charge >= 0.3 is 11.8 Å². The summed E-state index contributed by atoms with van der Waals surface area (Å²) in [6.45, 7) is -0.272. The quantitative estimate of drug-likeness (QED) is 0.665. The second-order valence-electron chi connectivity index (χ2n) is 6.41. The average Bonchev–Trinajstić information content (AvgIpc) is 3.46. The summed E-state index contributed by atoms with van der Waals surface area (Å²) < 4.78 is 47.9. The van der Waals surface area contributed by atoms with E-state index in [-0.39, 0.29) is 23.0 Å². The number of aliphatic imine (C=N–C) groups is 1. The summed E-state index contributed by atoms with van der Waals surface area (Å²) in [6, 6.07) is 14.0. The molecule has 0 bridgehead atoms. The van der Waals surface area contributed by atoms with Gasteiger partial charge in [-0.1, -0.05) is 36.4 Å². The number of benzene rings is 1. The first-order chi connectivity index (χ1) is 14.3. The molecule has 0 saturated heterocycles. The molecule has 6 nitrogen and oxygen atoms in total. The lowest BCUT2D eigenvalue weighted by Crippen LogP contribution is -2.63. The molecule has 1 atom stereocenters. The van der Waals surface area contributed by atoms with Crippen LogP contribution in [0.2, 0.25) is 0 Å². The molecule has 10 heteroatoms. The maximum absolute atomic E-state index is 14.2.